The summed E-state index contributed by atoms with van der Waals surface area (Å²) in [6.07, 6.45) is 5.94. The zero-order valence-electron chi connectivity index (χ0n) is 30.0. The van der Waals surface area contributed by atoms with Crippen molar-refractivity contribution in [2.45, 2.75) is 56.6 Å². The van der Waals surface area contributed by atoms with Gasteiger partial charge in [0, 0.05) is 37.4 Å². The molecular weight excluding hydrogens is 672 g/mol. The molecule has 1 spiro atoms. The molecular formula is C42H46N4O7. The van der Waals surface area contributed by atoms with Gasteiger partial charge in [0.1, 0.15) is 23.7 Å². The minimum absolute atomic E-state index is 0.0516. The summed E-state index contributed by atoms with van der Waals surface area (Å²) in [7, 11) is 0. The van der Waals surface area contributed by atoms with E-state index >= 15 is 9.59 Å². The molecule has 0 radical (unpaired) electrons. The Labute approximate surface area is 309 Å². The van der Waals surface area contributed by atoms with E-state index in [1.54, 1.807) is 23.1 Å². The van der Waals surface area contributed by atoms with Gasteiger partial charge in [0.25, 0.3) is 5.91 Å². The molecule has 3 aromatic rings. The first-order valence-corrected chi connectivity index (χ1v) is 18.5. The van der Waals surface area contributed by atoms with E-state index in [0.717, 1.165) is 18.8 Å². The van der Waals surface area contributed by atoms with Crippen LogP contribution in [0, 0.1) is 11.8 Å². The quantitative estimate of drug-likeness (QED) is 0.258. The summed E-state index contributed by atoms with van der Waals surface area (Å²) >= 11 is 0. The number of esters is 1. The number of amides is 3. The Morgan fingerprint density at radius 2 is 1.60 bits per heavy atom. The van der Waals surface area contributed by atoms with Crippen LogP contribution in [0.4, 0.5) is 11.4 Å². The summed E-state index contributed by atoms with van der Waals surface area (Å²) in [5.41, 5.74) is 1.44. The summed E-state index contributed by atoms with van der Waals surface area (Å²) in [5, 5.41) is 13.8. The first-order chi connectivity index (χ1) is 25.8. The first kappa shape index (κ1) is 36.1. The number of nitrogens with zero attached hydrogens (tertiary/aromatic N) is 3. The van der Waals surface area contributed by atoms with Gasteiger partial charge in [-0.15, -0.1) is 0 Å². The number of aliphatic hydroxyl groups is 1. The second-order valence-corrected chi connectivity index (χ2v) is 13.8. The maximum absolute atomic E-state index is 15.1. The van der Waals surface area contributed by atoms with E-state index in [1.165, 1.54) is 4.90 Å². The van der Waals surface area contributed by atoms with Crippen LogP contribution in [-0.4, -0.2) is 84.2 Å². The number of carbonyl (C=O) groups excluding carboxylic acids is 4. The number of cyclic esters (lactones) is 1. The second kappa shape index (κ2) is 15.4. The highest BCUT2D eigenvalue weighted by Gasteiger charge is 2.72. The van der Waals surface area contributed by atoms with Gasteiger partial charge in [-0.2, -0.15) is 0 Å². The smallest absolute Gasteiger partial charge is 0.313 e. The number of rotatable bonds is 8. The Balaban J connectivity index is 1.33. The fourth-order valence-corrected chi connectivity index (χ4v) is 8.38. The normalized spacial score (nSPS) is 28.4. The summed E-state index contributed by atoms with van der Waals surface area (Å²) < 4.78 is 13.1. The average molecular weight is 719 g/mol. The van der Waals surface area contributed by atoms with Crippen LogP contribution >= 0.6 is 0 Å². The van der Waals surface area contributed by atoms with E-state index in [2.05, 4.69) is 24.1 Å². The van der Waals surface area contributed by atoms with Crippen LogP contribution in [0.3, 0.4) is 0 Å². The van der Waals surface area contributed by atoms with Gasteiger partial charge in [0.05, 0.1) is 31.2 Å². The molecule has 7 rings (SSSR count). The van der Waals surface area contributed by atoms with Crippen LogP contribution in [-0.2, 0) is 28.7 Å². The van der Waals surface area contributed by atoms with Gasteiger partial charge in [-0.05, 0) is 55.7 Å². The molecule has 0 bridgehead atoms. The number of benzene rings is 3. The minimum atomic E-state index is -1.57. The SMILES string of the molecule is CCN(CC)c1ccc(N2CC=C[C@]34O[C@@H]5/C=C\CCC(=O)NC[C@@H](c6ccccc6)OC(=O)[C@@H]5[C@H]3C(=O)N([C@H](CO)c3ccccc3)[C@@H]4C2=O)cc1. The van der Waals surface area contributed by atoms with Crippen LogP contribution < -0.4 is 15.1 Å². The van der Waals surface area contributed by atoms with Crippen molar-refractivity contribution in [2.75, 3.05) is 42.6 Å². The van der Waals surface area contributed by atoms with Crippen molar-refractivity contribution in [3.63, 3.8) is 0 Å². The molecule has 11 nitrogen and oxygen atoms in total. The number of carbonyl (C=O) groups is 4. The third kappa shape index (κ3) is 6.64. The fourth-order valence-electron chi connectivity index (χ4n) is 8.38. The van der Waals surface area contributed by atoms with E-state index < -0.39 is 60.2 Å². The molecule has 2 N–H and O–H groups in total. The molecule has 4 aliphatic heterocycles. The van der Waals surface area contributed by atoms with Crippen molar-refractivity contribution in [3.8, 4) is 0 Å². The molecule has 3 amide bonds. The van der Waals surface area contributed by atoms with Gasteiger partial charge in [-0.1, -0.05) is 85.0 Å². The molecule has 0 aliphatic carbocycles. The fraction of sp³-hybridized carbons (Fsp3) is 0.381. The highest BCUT2D eigenvalue weighted by molar-refractivity contribution is 6.05. The van der Waals surface area contributed by atoms with Gasteiger partial charge < -0.3 is 34.6 Å². The molecule has 276 valence electrons. The number of likely N-dealkylation sites (tertiary alicyclic amines) is 1. The predicted octanol–water partition coefficient (Wildman–Crippen LogP) is 4.50. The van der Waals surface area contributed by atoms with Crippen molar-refractivity contribution in [3.05, 3.63) is 120 Å². The number of hydrogen-bond donors (Lipinski definition) is 2. The molecule has 2 fully saturated rings. The van der Waals surface area contributed by atoms with Crippen molar-refractivity contribution >= 4 is 35.1 Å². The topological polar surface area (TPSA) is 129 Å². The van der Waals surface area contributed by atoms with Gasteiger partial charge in [0.15, 0.2) is 0 Å². The Hall–Kier alpha value is -5.26. The molecule has 0 unspecified atom stereocenters. The summed E-state index contributed by atoms with van der Waals surface area (Å²) in [5.74, 6) is -4.00. The van der Waals surface area contributed by atoms with Gasteiger partial charge in [0.2, 0.25) is 11.8 Å². The Bertz CT molecular complexity index is 1860. The zero-order valence-corrected chi connectivity index (χ0v) is 30.0. The number of ether oxygens (including phenoxy) is 2. The third-order valence-corrected chi connectivity index (χ3v) is 11.0. The predicted molar refractivity (Wildman–Crippen MR) is 200 cm³/mol. The van der Waals surface area contributed by atoms with E-state index in [1.807, 2.05) is 91.0 Å². The van der Waals surface area contributed by atoms with Crippen LogP contribution in [0.1, 0.15) is 50.0 Å². The molecule has 0 saturated carbocycles. The molecule has 4 heterocycles. The number of nitrogens with one attached hydrogen (secondary N) is 1. The highest BCUT2D eigenvalue weighted by atomic mass is 16.6. The number of allylic oxidation sites excluding steroid dienone is 1. The van der Waals surface area contributed by atoms with E-state index in [0.29, 0.717) is 23.2 Å². The van der Waals surface area contributed by atoms with Crippen molar-refractivity contribution in [2.24, 2.45) is 11.8 Å². The molecule has 3 aromatic carbocycles. The molecule has 2 saturated heterocycles. The summed E-state index contributed by atoms with van der Waals surface area (Å²) in [6.45, 7) is 5.64. The Kier molecular flexibility index (Phi) is 10.5. The van der Waals surface area contributed by atoms with Gasteiger partial charge in [-0.3, -0.25) is 19.2 Å². The zero-order chi connectivity index (χ0) is 37.1. The van der Waals surface area contributed by atoms with E-state index in [-0.39, 0.29) is 31.3 Å². The number of aliphatic hydroxyl groups excluding tert-OH is 1. The van der Waals surface area contributed by atoms with Crippen LogP contribution in [0.5, 0.6) is 0 Å². The number of fused-ring (bicyclic) bond motifs is 2. The second-order valence-electron chi connectivity index (χ2n) is 13.8. The van der Waals surface area contributed by atoms with Gasteiger partial charge in [-0.25, -0.2) is 0 Å². The lowest BCUT2D eigenvalue weighted by atomic mass is 9.77. The molecule has 0 aromatic heterocycles. The maximum atomic E-state index is 15.1. The summed E-state index contributed by atoms with van der Waals surface area (Å²) in [4.78, 5) is 62.8. The first-order valence-electron chi connectivity index (χ1n) is 18.5. The van der Waals surface area contributed by atoms with Crippen LogP contribution in [0.15, 0.2) is 109 Å². The molecule has 4 aliphatic rings. The van der Waals surface area contributed by atoms with Gasteiger partial charge >= 0.3 is 5.97 Å². The van der Waals surface area contributed by atoms with Crippen LogP contribution in [0.25, 0.3) is 0 Å². The highest BCUT2D eigenvalue weighted by Crippen LogP contribution is 2.55. The molecule has 53 heavy (non-hydrogen) atoms. The average Bonchev–Trinajstić information content (AvgIpc) is 3.57. The molecule has 7 atom stereocenters. The lowest BCUT2D eigenvalue weighted by molar-refractivity contribution is -0.160. The monoisotopic (exact) mass is 718 g/mol. The maximum Gasteiger partial charge on any atom is 0.313 e. The van der Waals surface area contributed by atoms with Crippen molar-refractivity contribution in [1.29, 1.82) is 0 Å². The number of hydrogen-bond acceptors (Lipinski definition) is 8. The van der Waals surface area contributed by atoms with Crippen molar-refractivity contribution < 1.29 is 33.8 Å². The number of anilines is 2. The summed E-state index contributed by atoms with van der Waals surface area (Å²) in [6, 6.07) is 23.9. The lowest BCUT2D eigenvalue weighted by Crippen LogP contribution is -2.56. The standard InChI is InChI=1S/C42H46N4O7/c1-3-44(4-2)30-20-22-31(23-21-30)45-25-13-24-42-37(39(49)46(38(42)40(45)50)32(27-47)28-14-7-5-8-15-28)36-33(53-42)18-11-12-19-35(48)43-26-34(52-41(36)51)29-16-9-6-10-17-29/h5-11,13-18,20-24,32-34,36-38,47H,3-4,12,19,25-27H2,1-2H3,(H,43,48)/b18-11-/t32-,33-,34+,36+,37+,38-,42+/m1/s1. The van der Waals surface area contributed by atoms with E-state index in [9.17, 15) is 14.7 Å². The largest absolute Gasteiger partial charge is 0.455 e. The van der Waals surface area contributed by atoms with Crippen molar-refractivity contribution in [1.82, 2.24) is 10.2 Å². The molecule has 11 heteroatoms. The minimum Gasteiger partial charge on any atom is -0.455 e. The Morgan fingerprint density at radius 1 is 0.906 bits per heavy atom. The van der Waals surface area contributed by atoms with Crippen LogP contribution in [0.2, 0.25) is 0 Å². The Morgan fingerprint density at radius 3 is 2.28 bits per heavy atom. The lowest BCUT2D eigenvalue weighted by Gasteiger charge is -2.38. The van der Waals surface area contributed by atoms with E-state index in [4.69, 9.17) is 9.47 Å². The third-order valence-electron chi connectivity index (χ3n) is 11.0.